The third kappa shape index (κ3) is 11.1. The van der Waals surface area contributed by atoms with Gasteiger partial charge in [0.05, 0.1) is 11.3 Å². The smallest absolute Gasteiger partial charge is 0.312 e. The summed E-state index contributed by atoms with van der Waals surface area (Å²) in [7, 11) is 0. The largest absolute Gasteiger partial charge is 0.481 e. The molecule has 0 radical (unpaired) electrons. The summed E-state index contributed by atoms with van der Waals surface area (Å²) in [6, 6.07) is 3.27. The second-order valence-corrected chi connectivity index (χ2v) is 8.76. The first kappa shape index (κ1) is 28.3. The van der Waals surface area contributed by atoms with Crippen LogP contribution in [0.2, 0.25) is 0 Å². The van der Waals surface area contributed by atoms with Crippen LogP contribution in [-0.4, -0.2) is 27.1 Å². The molecular formula is C28H41NO4. The SMILES string of the molecule is CCCCC/C=C\C/C=C\C/C=C\CCCCCC(C)(C(=O)O)C(C(=O)O)c1cccnc1. The fourth-order valence-electron chi connectivity index (χ4n) is 3.93. The van der Waals surface area contributed by atoms with Crippen LogP contribution in [0.25, 0.3) is 0 Å². The lowest BCUT2D eigenvalue weighted by molar-refractivity contribution is -0.157. The number of rotatable bonds is 18. The molecule has 0 aliphatic rings. The van der Waals surface area contributed by atoms with Crippen LogP contribution >= 0.6 is 0 Å². The summed E-state index contributed by atoms with van der Waals surface area (Å²) < 4.78 is 0. The zero-order valence-electron chi connectivity index (χ0n) is 20.3. The van der Waals surface area contributed by atoms with E-state index in [1.54, 1.807) is 18.3 Å². The number of aromatic nitrogens is 1. The van der Waals surface area contributed by atoms with E-state index in [2.05, 4.69) is 48.4 Å². The highest BCUT2D eigenvalue weighted by Crippen LogP contribution is 2.40. The van der Waals surface area contributed by atoms with Gasteiger partial charge < -0.3 is 10.2 Å². The molecule has 0 aromatic carbocycles. The summed E-state index contributed by atoms with van der Waals surface area (Å²) >= 11 is 0. The van der Waals surface area contributed by atoms with E-state index in [0.29, 0.717) is 18.4 Å². The molecule has 5 nitrogen and oxygen atoms in total. The van der Waals surface area contributed by atoms with E-state index in [1.807, 2.05) is 0 Å². The average Bonchev–Trinajstić information content (AvgIpc) is 2.79. The maximum absolute atomic E-state index is 12.0. The van der Waals surface area contributed by atoms with Gasteiger partial charge in [0.25, 0.3) is 0 Å². The van der Waals surface area contributed by atoms with Crippen LogP contribution in [-0.2, 0) is 9.59 Å². The number of nitrogens with zero attached hydrogens (tertiary/aromatic N) is 1. The predicted molar refractivity (Wildman–Crippen MR) is 134 cm³/mol. The summed E-state index contributed by atoms with van der Waals surface area (Å²) in [5, 5.41) is 19.6. The van der Waals surface area contributed by atoms with Gasteiger partial charge in [-0.2, -0.15) is 0 Å². The van der Waals surface area contributed by atoms with Crippen LogP contribution < -0.4 is 0 Å². The van der Waals surface area contributed by atoms with Gasteiger partial charge in [-0.05, 0) is 63.5 Å². The monoisotopic (exact) mass is 455 g/mol. The van der Waals surface area contributed by atoms with Gasteiger partial charge in [0.1, 0.15) is 0 Å². The van der Waals surface area contributed by atoms with Crippen molar-refractivity contribution in [3.05, 3.63) is 66.5 Å². The standard InChI is InChI=1S/C28H41NO4/c1-3-4-5-6-7-8-9-10-11-12-13-14-15-16-17-18-21-28(2,27(32)33)25(26(30)31)24-20-19-22-29-23-24/h7-8,10-11,13-14,19-20,22-23,25H,3-6,9,12,15-18,21H2,1-2H3,(H,30,31)(H,32,33)/b8-7-,11-10-,14-13-. The van der Waals surface area contributed by atoms with Gasteiger partial charge >= 0.3 is 11.9 Å². The topological polar surface area (TPSA) is 87.5 Å². The Morgan fingerprint density at radius 3 is 2.06 bits per heavy atom. The molecule has 33 heavy (non-hydrogen) atoms. The molecule has 0 amide bonds. The lowest BCUT2D eigenvalue weighted by atomic mass is 9.70. The van der Waals surface area contributed by atoms with Crippen molar-refractivity contribution in [3.63, 3.8) is 0 Å². The van der Waals surface area contributed by atoms with Gasteiger partial charge in [0, 0.05) is 12.4 Å². The molecule has 182 valence electrons. The second kappa shape index (κ2) is 16.9. The van der Waals surface area contributed by atoms with Crippen molar-refractivity contribution in [2.75, 3.05) is 0 Å². The number of hydrogen-bond donors (Lipinski definition) is 2. The quantitative estimate of drug-likeness (QED) is 0.179. The van der Waals surface area contributed by atoms with Crippen LogP contribution in [0.15, 0.2) is 61.0 Å². The van der Waals surface area contributed by atoms with E-state index in [9.17, 15) is 19.8 Å². The Labute approximate surface area is 199 Å². The first-order valence-corrected chi connectivity index (χ1v) is 12.2. The summed E-state index contributed by atoms with van der Waals surface area (Å²) in [6.45, 7) is 3.75. The number of pyridine rings is 1. The van der Waals surface area contributed by atoms with E-state index in [0.717, 1.165) is 32.1 Å². The number of carboxylic acids is 2. The van der Waals surface area contributed by atoms with Crippen molar-refractivity contribution in [2.45, 2.75) is 90.4 Å². The first-order chi connectivity index (χ1) is 15.9. The molecular weight excluding hydrogens is 414 g/mol. The third-order valence-electron chi connectivity index (χ3n) is 5.98. The van der Waals surface area contributed by atoms with Gasteiger partial charge in [0.15, 0.2) is 0 Å². The Bertz CT molecular complexity index is 769. The highest BCUT2D eigenvalue weighted by molar-refractivity contribution is 5.87. The molecule has 1 heterocycles. The fraction of sp³-hybridized carbons (Fsp3) is 0.536. The lowest BCUT2D eigenvalue weighted by Crippen LogP contribution is -2.38. The molecule has 0 aliphatic carbocycles. The Hall–Kier alpha value is -2.69. The molecule has 1 aromatic rings. The Morgan fingerprint density at radius 1 is 0.939 bits per heavy atom. The predicted octanol–water partition coefficient (Wildman–Crippen LogP) is 7.32. The zero-order chi connectivity index (χ0) is 24.4. The van der Waals surface area contributed by atoms with Crippen LogP contribution in [0, 0.1) is 5.41 Å². The number of unbranched alkanes of at least 4 members (excludes halogenated alkanes) is 6. The number of hydrogen-bond acceptors (Lipinski definition) is 3. The minimum Gasteiger partial charge on any atom is -0.481 e. The maximum atomic E-state index is 12.0. The number of aliphatic carboxylic acids is 2. The Kier molecular flexibility index (Phi) is 14.5. The van der Waals surface area contributed by atoms with Crippen molar-refractivity contribution < 1.29 is 19.8 Å². The summed E-state index contributed by atoms with van der Waals surface area (Å²) in [6.07, 6.45) is 26.9. The Balaban J connectivity index is 2.33. The molecule has 2 N–H and O–H groups in total. The molecule has 0 saturated heterocycles. The van der Waals surface area contributed by atoms with Crippen molar-refractivity contribution in [1.29, 1.82) is 0 Å². The molecule has 0 aliphatic heterocycles. The maximum Gasteiger partial charge on any atom is 0.312 e. The van der Waals surface area contributed by atoms with Crippen LogP contribution in [0.5, 0.6) is 0 Å². The van der Waals surface area contributed by atoms with Crippen LogP contribution in [0.1, 0.15) is 96.0 Å². The molecule has 0 bridgehead atoms. The molecule has 0 fully saturated rings. The van der Waals surface area contributed by atoms with E-state index >= 15 is 0 Å². The highest BCUT2D eigenvalue weighted by Gasteiger charge is 2.46. The molecule has 0 saturated carbocycles. The number of carboxylic acid groups (broad SMARTS) is 2. The zero-order valence-corrected chi connectivity index (χ0v) is 20.3. The van der Waals surface area contributed by atoms with Gasteiger partial charge in [-0.25, -0.2) is 0 Å². The van der Waals surface area contributed by atoms with Crippen LogP contribution in [0.4, 0.5) is 0 Å². The summed E-state index contributed by atoms with van der Waals surface area (Å²) in [5.74, 6) is -3.33. The van der Waals surface area contributed by atoms with Gasteiger partial charge in [-0.15, -0.1) is 0 Å². The van der Waals surface area contributed by atoms with Gasteiger partial charge in [-0.3, -0.25) is 14.6 Å². The summed E-state index contributed by atoms with van der Waals surface area (Å²) in [5.41, 5.74) is -0.946. The minimum atomic E-state index is -1.38. The molecule has 1 rings (SSSR count). The third-order valence-corrected chi connectivity index (χ3v) is 5.98. The lowest BCUT2D eigenvalue weighted by Gasteiger charge is -2.31. The van der Waals surface area contributed by atoms with Crippen molar-refractivity contribution in [3.8, 4) is 0 Å². The Morgan fingerprint density at radius 2 is 1.55 bits per heavy atom. The number of allylic oxidation sites excluding steroid dienone is 6. The van der Waals surface area contributed by atoms with Crippen molar-refractivity contribution in [1.82, 2.24) is 4.98 Å². The molecule has 2 atom stereocenters. The first-order valence-electron chi connectivity index (χ1n) is 12.2. The number of carbonyl (C=O) groups is 2. The van der Waals surface area contributed by atoms with E-state index < -0.39 is 23.3 Å². The highest BCUT2D eigenvalue weighted by atomic mass is 16.4. The van der Waals surface area contributed by atoms with E-state index in [4.69, 9.17) is 0 Å². The van der Waals surface area contributed by atoms with Gasteiger partial charge in [0.2, 0.25) is 0 Å². The normalized spacial score (nSPS) is 14.7. The molecule has 1 aromatic heterocycles. The van der Waals surface area contributed by atoms with Crippen molar-refractivity contribution in [2.24, 2.45) is 5.41 Å². The molecule has 2 unspecified atom stereocenters. The minimum absolute atomic E-state index is 0.312. The van der Waals surface area contributed by atoms with Crippen LogP contribution in [0.3, 0.4) is 0 Å². The van der Waals surface area contributed by atoms with E-state index in [-0.39, 0.29) is 0 Å². The van der Waals surface area contributed by atoms with Gasteiger partial charge in [-0.1, -0.05) is 75.1 Å². The molecule has 0 spiro atoms. The average molecular weight is 456 g/mol. The second-order valence-electron chi connectivity index (χ2n) is 8.76. The van der Waals surface area contributed by atoms with Crippen molar-refractivity contribution >= 4 is 11.9 Å². The molecule has 5 heteroatoms. The summed E-state index contributed by atoms with van der Waals surface area (Å²) in [4.78, 5) is 27.9. The fourth-order valence-corrected chi connectivity index (χ4v) is 3.93. The van der Waals surface area contributed by atoms with E-state index in [1.165, 1.54) is 38.8 Å².